The topological polar surface area (TPSA) is 25.8 Å². The second-order valence-electron chi connectivity index (χ2n) is 2.30. The molecule has 0 aliphatic carbocycles. The predicted molar refractivity (Wildman–Crippen MR) is 58.1 cm³/mol. The van der Waals surface area contributed by atoms with E-state index in [4.69, 9.17) is 0 Å². The summed E-state index contributed by atoms with van der Waals surface area (Å²) >= 11 is 3.52. The molecular formula is C8H5IN2S. The third-order valence-corrected chi connectivity index (χ3v) is 2.70. The Kier molecular flexibility index (Phi) is 2.36. The Morgan fingerprint density at radius 1 is 1.17 bits per heavy atom. The zero-order valence-corrected chi connectivity index (χ0v) is 9.04. The van der Waals surface area contributed by atoms with Crippen LogP contribution in [0.15, 0.2) is 30.5 Å². The van der Waals surface area contributed by atoms with Gasteiger partial charge in [0.1, 0.15) is 5.69 Å². The number of halogens is 1. The first-order valence-corrected chi connectivity index (χ1v) is 5.21. The molecule has 12 heavy (non-hydrogen) atoms. The minimum atomic E-state index is 0.955. The van der Waals surface area contributed by atoms with Crippen LogP contribution in [-0.2, 0) is 0 Å². The van der Waals surface area contributed by atoms with Crippen molar-refractivity contribution in [1.29, 1.82) is 0 Å². The van der Waals surface area contributed by atoms with E-state index in [0.717, 1.165) is 11.3 Å². The van der Waals surface area contributed by atoms with Gasteiger partial charge in [0.05, 0.1) is 17.9 Å². The fourth-order valence-electron chi connectivity index (χ4n) is 0.913. The van der Waals surface area contributed by atoms with Crippen LogP contribution in [0.2, 0.25) is 0 Å². The summed E-state index contributed by atoms with van der Waals surface area (Å²) in [7, 11) is 0. The van der Waals surface area contributed by atoms with Gasteiger partial charge in [-0.3, -0.25) is 0 Å². The highest BCUT2D eigenvalue weighted by atomic mass is 127. The number of nitrogens with zero attached hydrogens (tertiary/aromatic N) is 2. The largest absolute Gasteiger partial charge is 0.181 e. The third-order valence-electron chi connectivity index (χ3n) is 1.50. The molecule has 0 saturated carbocycles. The molecule has 0 spiro atoms. The summed E-state index contributed by atoms with van der Waals surface area (Å²) in [5.74, 6) is 0. The van der Waals surface area contributed by atoms with Crippen LogP contribution in [0.25, 0.3) is 11.3 Å². The molecular weight excluding hydrogens is 283 g/mol. The van der Waals surface area contributed by atoms with Crippen molar-refractivity contribution >= 4 is 34.3 Å². The summed E-state index contributed by atoms with van der Waals surface area (Å²) in [6.07, 6.45) is 1.78. The highest BCUT2D eigenvalue weighted by Gasteiger charge is 1.98. The van der Waals surface area contributed by atoms with Crippen LogP contribution in [-0.4, -0.2) is 8.75 Å². The molecule has 0 aliphatic heterocycles. The Bertz CT molecular complexity index is 355. The molecule has 2 nitrogen and oxygen atoms in total. The average Bonchev–Trinajstić information content (AvgIpc) is 2.58. The van der Waals surface area contributed by atoms with Crippen molar-refractivity contribution in [2.75, 3.05) is 0 Å². The zero-order valence-electron chi connectivity index (χ0n) is 6.07. The van der Waals surface area contributed by atoms with Crippen molar-refractivity contribution in [3.8, 4) is 11.3 Å². The number of benzene rings is 1. The van der Waals surface area contributed by atoms with Crippen LogP contribution in [0.3, 0.4) is 0 Å². The van der Waals surface area contributed by atoms with Crippen LogP contribution in [0.5, 0.6) is 0 Å². The van der Waals surface area contributed by atoms with E-state index in [1.807, 2.05) is 0 Å². The highest BCUT2D eigenvalue weighted by molar-refractivity contribution is 14.1. The lowest BCUT2D eigenvalue weighted by molar-refractivity contribution is 1.49. The molecule has 4 heteroatoms. The van der Waals surface area contributed by atoms with Gasteiger partial charge in [0.2, 0.25) is 0 Å². The van der Waals surface area contributed by atoms with Crippen molar-refractivity contribution in [2.24, 2.45) is 0 Å². The van der Waals surface area contributed by atoms with Gasteiger partial charge < -0.3 is 0 Å². The maximum absolute atomic E-state index is 4.14. The molecule has 0 radical (unpaired) electrons. The Labute approximate surface area is 88.1 Å². The third kappa shape index (κ3) is 1.64. The van der Waals surface area contributed by atoms with Crippen molar-refractivity contribution in [3.05, 3.63) is 34.0 Å². The van der Waals surface area contributed by atoms with E-state index >= 15 is 0 Å². The highest BCUT2D eigenvalue weighted by Crippen LogP contribution is 2.17. The van der Waals surface area contributed by atoms with Crippen LogP contribution in [0.4, 0.5) is 0 Å². The molecule has 1 aromatic heterocycles. The minimum absolute atomic E-state index is 0.955. The van der Waals surface area contributed by atoms with Gasteiger partial charge in [0.15, 0.2) is 0 Å². The van der Waals surface area contributed by atoms with Gasteiger partial charge in [0, 0.05) is 9.13 Å². The summed E-state index contributed by atoms with van der Waals surface area (Å²) < 4.78 is 9.33. The van der Waals surface area contributed by atoms with Crippen molar-refractivity contribution in [1.82, 2.24) is 8.75 Å². The molecule has 0 bridgehead atoms. The van der Waals surface area contributed by atoms with Crippen LogP contribution in [0.1, 0.15) is 0 Å². The van der Waals surface area contributed by atoms with Gasteiger partial charge in [0.25, 0.3) is 0 Å². The molecule has 0 amide bonds. The molecule has 0 fully saturated rings. The van der Waals surface area contributed by atoms with E-state index < -0.39 is 0 Å². The van der Waals surface area contributed by atoms with Gasteiger partial charge in [-0.05, 0) is 34.7 Å². The van der Waals surface area contributed by atoms with Gasteiger partial charge in [-0.25, -0.2) is 0 Å². The van der Waals surface area contributed by atoms with Crippen molar-refractivity contribution in [2.45, 2.75) is 0 Å². The molecule has 1 heterocycles. The quantitative estimate of drug-likeness (QED) is 0.754. The van der Waals surface area contributed by atoms with E-state index in [-0.39, 0.29) is 0 Å². The zero-order chi connectivity index (χ0) is 8.39. The van der Waals surface area contributed by atoms with Gasteiger partial charge in [-0.2, -0.15) is 8.75 Å². The molecule has 1 aromatic carbocycles. The van der Waals surface area contributed by atoms with Crippen molar-refractivity contribution in [3.63, 3.8) is 0 Å². The summed E-state index contributed by atoms with van der Waals surface area (Å²) in [5.41, 5.74) is 2.08. The normalized spacial score (nSPS) is 10.1. The van der Waals surface area contributed by atoms with Crippen LogP contribution >= 0.6 is 34.3 Å². The number of rotatable bonds is 1. The second-order valence-corrected chi connectivity index (χ2v) is 4.10. The summed E-state index contributed by atoms with van der Waals surface area (Å²) in [4.78, 5) is 0. The fourth-order valence-corrected chi connectivity index (χ4v) is 1.71. The smallest absolute Gasteiger partial charge is 0.104 e. The monoisotopic (exact) mass is 288 g/mol. The minimum Gasteiger partial charge on any atom is -0.181 e. The molecule has 2 aromatic rings. The molecule has 60 valence electrons. The SMILES string of the molecule is Ic1ccc(-c2cnsn2)cc1. The lowest BCUT2D eigenvalue weighted by Gasteiger charge is -1.94. The van der Waals surface area contributed by atoms with Gasteiger partial charge >= 0.3 is 0 Å². The Balaban J connectivity index is 2.43. The molecule has 0 N–H and O–H groups in total. The Morgan fingerprint density at radius 2 is 1.92 bits per heavy atom. The molecule has 0 aliphatic rings. The fraction of sp³-hybridized carbons (Fsp3) is 0. The average molecular weight is 288 g/mol. The Morgan fingerprint density at radius 3 is 2.50 bits per heavy atom. The first-order valence-electron chi connectivity index (χ1n) is 3.40. The molecule has 0 atom stereocenters. The summed E-state index contributed by atoms with van der Waals surface area (Å²) in [6.45, 7) is 0. The number of hydrogen-bond donors (Lipinski definition) is 0. The van der Waals surface area contributed by atoms with Crippen molar-refractivity contribution < 1.29 is 0 Å². The van der Waals surface area contributed by atoms with E-state index in [2.05, 4.69) is 55.6 Å². The second kappa shape index (κ2) is 3.49. The van der Waals surface area contributed by atoms with Crippen LogP contribution < -0.4 is 0 Å². The lowest BCUT2D eigenvalue weighted by Crippen LogP contribution is -1.76. The van der Waals surface area contributed by atoms with E-state index in [1.165, 1.54) is 15.3 Å². The Hall–Kier alpha value is -0.490. The van der Waals surface area contributed by atoms with Crippen LogP contribution in [0, 0.1) is 3.57 Å². The lowest BCUT2D eigenvalue weighted by atomic mass is 10.2. The van der Waals surface area contributed by atoms with Gasteiger partial charge in [-0.15, -0.1) is 0 Å². The first kappa shape index (κ1) is 8.12. The predicted octanol–water partition coefficient (Wildman–Crippen LogP) is 2.81. The molecule has 2 rings (SSSR count). The first-order chi connectivity index (χ1) is 5.86. The van der Waals surface area contributed by atoms with Gasteiger partial charge in [-0.1, -0.05) is 12.1 Å². The molecule has 0 saturated heterocycles. The summed E-state index contributed by atoms with van der Waals surface area (Å²) in [6, 6.07) is 8.24. The summed E-state index contributed by atoms with van der Waals surface area (Å²) in [5, 5.41) is 0. The maximum atomic E-state index is 4.14. The number of hydrogen-bond acceptors (Lipinski definition) is 3. The molecule has 0 unspecified atom stereocenters. The maximum Gasteiger partial charge on any atom is 0.104 e. The standard InChI is InChI=1S/C8H5IN2S/c9-7-3-1-6(2-4-7)8-5-10-12-11-8/h1-5H. The van der Waals surface area contributed by atoms with E-state index in [1.54, 1.807) is 6.20 Å². The van der Waals surface area contributed by atoms with E-state index in [9.17, 15) is 0 Å². The number of aromatic nitrogens is 2. The van der Waals surface area contributed by atoms with E-state index in [0.29, 0.717) is 0 Å².